The average molecular weight is 332 g/mol. The number of nitrogens with one attached hydrogen (secondary N) is 1. The molecule has 1 aromatic carbocycles. The Morgan fingerprint density at radius 3 is 2.57 bits per heavy atom. The molecule has 0 heterocycles. The highest BCUT2D eigenvalue weighted by Gasteiger charge is 2.28. The van der Waals surface area contributed by atoms with Crippen LogP contribution in [0.15, 0.2) is 23.1 Å². The van der Waals surface area contributed by atoms with E-state index in [4.69, 9.17) is 27.7 Å². The molecule has 1 aromatic rings. The van der Waals surface area contributed by atoms with E-state index in [0.29, 0.717) is 0 Å². The van der Waals surface area contributed by atoms with Crippen LogP contribution >= 0.6 is 11.6 Å². The van der Waals surface area contributed by atoms with E-state index in [2.05, 4.69) is 0 Å². The van der Waals surface area contributed by atoms with Gasteiger partial charge in [-0.1, -0.05) is 11.6 Å². The topological polar surface area (TPSA) is 150 Å². The maximum atomic E-state index is 12.1. The van der Waals surface area contributed by atoms with Crippen molar-refractivity contribution in [3.8, 4) is 6.07 Å². The molecule has 0 spiro atoms. The summed E-state index contributed by atoms with van der Waals surface area (Å²) in [6, 6.07) is 3.42. The number of benzene rings is 1. The lowest BCUT2D eigenvalue weighted by Gasteiger charge is -2.14. The molecule has 0 aliphatic carbocycles. The second-order valence-electron chi connectivity index (χ2n) is 3.93. The monoisotopic (exact) mass is 331 g/mol. The number of carbonyl (C=O) groups is 2. The van der Waals surface area contributed by atoms with Crippen LogP contribution < -0.4 is 10.5 Å². The minimum atomic E-state index is -4.36. The molecule has 112 valence electrons. The molecule has 8 nitrogen and oxygen atoms in total. The molecular formula is C11H10ClN3O5S. The predicted octanol–water partition coefficient (Wildman–Crippen LogP) is -0.181. The van der Waals surface area contributed by atoms with Crippen molar-refractivity contribution in [2.45, 2.75) is 17.4 Å². The number of nitriles is 1. The third-order valence-electron chi connectivity index (χ3n) is 2.35. The van der Waals surface area contributed by atoms with Gasteiger partial charge in [-0.3, -0.25) is 9.59 Å². The van der Waals surface area contributed by atoms with Crippen LogP contribution in [0.2, 0.25) is 5.02 Å². The number of halogens is 1. The van der Waals surface area contributed by atoms with Crippen LogP contribution in [0.25, 0.3) is 0 Å². The van der Waals surface area contributed by atoms with Gasteiger partial charge in [0, 0.05) is 5.02 Å². The predicted molar refractivity (Wildman–Crippen MR) is 71.7 cm³/mol. The van der Waals surface area contributed by atoms with Gasteiger partial charge in [0.05, 0.1) is 12.0 Å². The Bertz CT molecular complexity index is 726. The van der Waals surface area contributed by atoms with E-state index in [1.807, 2.05) is 0 Å². The number of rotatable bonds is 6. The number of carbonyl (C=O) groups excluding carboxylic acids is 1. The van der Waals surface area contributed by atoms with Crippen molar-refractivity contribution in [1.82, 2.24) is 4.72 Å². The molecule has 10 heteroatoms. The van der Waals surface area contributed by atoms with Crippen LogP contribution in [-0.4, -0.2) is 31.4 Å². The number of amides is 1. The first-order valence-corrected chi connectivity index (χ1v) is 7.26. The second-order valence-corrected chi connectivity index (χ2v) is 6.05. The van der Waals surface area contributed by atoms with E-state index in [0.717, 1.165) is 6.07 Å². The number of primary amides is 1. The van der Waals surface area contributed by atoms with Gasteiger partial charge in [0.15, 0.2) is 0 Å². The second kappa shape index (κ2) is 6.53. The normalized spacial score (nSPS) is 12.4. The number of hydrogen-bond acceptors (Lipinski definition) is 5. The zero-order valence-corrected chi connectivity index (χ0v) is 12.0. The molecule has 1 rings (SSSR count). The fraction of sp³-hybridized carbons (Fsp3) is 0.182. The van der Waals surface area contributed by atoms with E-state index >= 15 is 0 Å². The first kappa shape index (κ1) is 16.9. The third-order valence-corrected chi connectivity index (χ3v) is 4.10. The molecule has 1 atom stereocenters. The van der Waals surface area contributed by atoms with E-state index in [9.17, 15) is 18.0 Å². The summed E-state index contributed by atoms with van der Waals surface area (Å²) in [5.74, 6) is -2.56. The number of aliphatic carboxylic acids is 1. The lowest BCUT2D eigenvalue weighted by Crippen LogP contribution is -2.43. The Kier molecular flexibility index (Phi) is 5.26. The van der Waals surface area contributed by atoms with Gasteiger partial charge < -0.3 is 10.8 Å². The fourth-order valence-electron chi connectivity index (χ4n) is 1.44. The van der Waals surface area contributed by atoms with Gasteiger partial charge in [-0.15, -0.1) is 0 Å². The van der Waals surface area contributed by atoms with E-state index in [1.165, 1.54) is 12.1 Å². The van der Waals surface area contributed by atoms with Gasteiger partial charge in [0.1, 0.15) is 17.0 Å². The lowest BCUT2D eigenvalue weighted by atomic mass is 10.2. The number of carboxylic acids is 1. The van der Waals surface area contributed by atoms with Gasteiger partial charge in [0.25, 0.3) is 0 Å². The molecule has 0 aliphatic rings. The van der Waals surface area contributed by atoms with Crippen molar-refractivity contribution in [2.75, 3.05) is 0 Å². The number of hydrogen-bond donors (Lipinski definition) is 3. The summed E-state index contributed by atoms with van der Waals surface area (Å²) in [6.07, 6.45) is -0.725. The van der Waals surface area contributed by atoms with Crippen LogP contribution in [-0.2, 0) is 19.6 Å². The van der Waals surface area contributed by atoms with Crippen molar-refractivity contribution in [2.24, 2.45) is 5.73 Å². The van der Waals surface area contributed by atoms with E-state index in [1.54, 1.807) is 10.8 Å². The van der Waals surface area contributed by atoms with Crippen LogP contribution in [0.4, 0.5) is 0 Å². The molecule has 0 saturated heterocycles. The molecular weight excluding hydrogens is 322 g/mol. The van der Waals surface area contributed by atoms with Gasteiger partial charge >= 0.3 is 5.97 Å². The fourth-order valence-corrected chi connectivity index (χ4v) is 3.05. The Hall–Kier alpha value is -2.15. The summed E-state index contributed by atoms with van der Waals surface area (Å²) in [7, 11) is -4.36. The molecule has 0 bridgehead atoms. The first-order chi connectivity index (χ1) is 9.67. The van der Waals surface area contributed by atoms with Crippen molar-refractivity contribution < 1.29 is 23.1 Å². The highest BCUT2D eigenvalue weighted by Crippen LogP contribution is 2.20. The van der Waals surface area contributed by atoms with Gasteiger partial charge in [0.2, 0.25) is 15.9 Å². The summed E-state index contributed by atoms with van der Waals surface area (Å²) >= 11 is 5.67. The molecule has 1 amide bonds. The van der Waals surface area contributed by atoms with E-state index < -0.39 is 39.3 Å². The Morgan fingerprint density at radius 1 is 1.48 bits per heavy atom. The van der Waals surface area contributed by atoms with Crippen LogP contribution in [0.1, 0.15) is 12.0 Å². The zero-order chi connectivity index (χ0) is 16.2. The van der Waals surface area contributed by atoms with E-state index in [-0.39, 0.29) is 10.6 Å². The molecule has 1 unspecified atom stereocenters. The minimum absolute atomic E-state index is 0.0520. The average Bonchev–Trinajstić information content (AvgIpc) is 2.37. The van der Waals surface area contributed by atoms with Crippen LogP contribution in [0.5, 0.6) is 0 Å². The quantitative estimate of drug-likeness (QED) is 0.657. The maximum Gasteiger partial charge on any atom is 0.322 e. The summed E-state index contributed by atoms with van der Waals surface area (Å²) in [6.45, 7) is 0. The SMILES string of the molecule is N#Cc1ccc(Cl)cc1S(=O)(=O)NC(CC(N)=O)C(=O)O. The highest BCUT2D eigenvalue weighted by atomic mass is 35.5. The highest BCUT2D eigenvalue weighted by molar-refractivity contribution is 7.89. The van der Waals surface area contributed by atoms with Gasteiger partial charge in [-0.2, -0.15) is 9.98 Å². The minimum Gasteiger partial charge on any atom is -0.480 e. The number of carboxylic acid groups (broad SMARTS) is 1. The van der Waals surface area contributed by atoms with Crippen molar-refractivity contribution in [3.05, 3.63) is 28.8 Å². The molecule has 4 N–H and O–H groups in total. The number of nitrogens with two attached hydrogens (primary N) is 1. The molecule has 21 heavy (non-hydrogen) atoms. The lowest BCUT2D eigenvalue weighted by molar-refractivity contribution is -0.140. The summed E-state index contributed by atoms with van der Waals surface area (Å²) in [4.78, 5) is 21.2. The first-order valence-electron chi connectivity index (χ1n) is 5.40. The van der Waals surface area contributed by atoms with Crippen molar-refractivity contribution in [3.63, 3.8) is 0 Å². The smallest absolute Gasteiger partial charge is 0.322 e. The standard InChI is InChI=1S/C11H10ClN3O5S/c12-7-2-1-6(5-13)9(3-7)21(19,20)15-8(11(17)18)4-10(14)16/h1-3,8,15H,4H2,(H2,14,16)(H,17,18). The largest absolute Gasteiger partial charge is 0.480 e. The van der Waals surface area contributed by atoms with Crippen LogP contribution in [0.3, 0.4) is 0 Å². The van der Waals surface area contributed by atoms with Gasteiger partial charge in [-0.05, 0) is 18.2 Å². The molecule has 0 saturated carbocycles. The van der Waals surface area contributed by atoms with Crippen molar-refractivity contribution >= 4 is 33.5 Å². The summed E-state index contributed by atoms with van der Waals surface area (Å²) < 4.78 is 26.1. The Balaban J connectivity index is 3.22. The summed E-state index contributed by atoms with van der Waals surface area (Å²) in [5, 5.41) is 17.8. The molecule has 0 radical (unpaired) electrons. The summed E-state index contributed by atoms with van der Waals surface area (Å²) in [5.41, 5.74) is 4.65. The zero-order valence-electron chi connectivity index (χ0n) is 10.4. The number of nitrogens with zero attached hydrogens (tertiary/aromatic N) is 1. The molecule has 0 aliphatic heterocycles. The van der Waals surface area contributed by atoms with Crippen LogP contribution in [0, 0.1) is 11.3 Å². The molecule has 0 fully saturated rings. The Morgan fingerprint density at radius 2 is 2.10 bits per heavy atom. The number of sulfonamides is 1. The van der Waals surface area contributed by atoms with Gasteiger partial charge in [-0.25, -0.2) is 8.42 Å². The molecule has 0 aromatic heterocycles. The van der Waals surface area contributed by atoms with Crippen molar-refractivity contribution in [1.29, 1.82) is 5.26 Å². The maximum absolute atomic E-state index is 12.1. The Labute approximate surface area is 125 Å². The third kappa shape index (κ3) is 4.42.